The molecule has 1 saturated heterocycles. The Morgan fingerprint density at radius 3 is 2.78 bits per heavy atom. The molecular formula is C15H21ClN2O4S. The average Bonchev–Trinajstić information content (AvgIpc) is 2.49. The van der Waals surface area contributed by atoms with E-state index in [9.17, 15) is 13.2 Å². The quantitative estimate of drug-likeness (QED) is 0.866. The van der Waals surface area contributed by atoms with Crippen LogP contribution in [0.2, 0.25) is 5.02 Å². The molecular weight excluding hydrogens is 340 g/mol. The topological polar surface area (TPSA) is 75.7 Å². The number of hydrogen-bond acceptors (Lipinski definition) is 4. The summed E-state index contributed by atoms with van der Waals surface area (Å²) in [5, 5.41) is 0.155. The Balaban J connectivity index is 1.91. The van der Waals surface area contributed by atoms with E-state index in [-0.39, 0.29) is 40.9 Å². The van der Waals surface area contributed by atoms with Gasteiger partial charge in [-0.3, -0.25) is 4.79 Å². The van der Waals surface area contributed by atoms with Gasteiger partial charge in [0.25, 0.3) is 0 Å². The number of nitrogens with one attached hydrogen (secondary N) is 1. The van der Waals surface area contributed by atoms with Crippen molar-refractivity contribution in [2.24, 2.45) is 0 Å². The van der Waals surface area contributed by atoms with Crippen molar-refractivity contribution < 1.29 is 17.9 Å². The number of sulfonamides is 1. The molecule has 1 fully saturated rings. The van der Waals surface area contributed by atoms with Crippen LogP contribution in [0.1, 0.15) is 20.3 Å². The molecule has 1 aliphatic heterocycles. The molecule has 2 rings (SSSR count). The van der Waals surface area contributed by atoms with Gasteiger partial charge in [0, 0.05) is 19.5 Å². The summed E-state index contributed by atoms with van der Waals surface area (Å²) in [6, 6.07) is 6.20. The summed E-state index contributed by atoms with van der Waals surface area (Å²) in [6.07, 6.45) is 0.0933. The Morgan fingerprint density at radius 2 is 2.09 bits per heavy atom. The van der Waals surface area contributed by atoms with E-state index in [0.717, 1.165) is 0 Å². The standard InChI is InChI=1S/C15H21ClN2O4S/c1-11-10-22-12(2)9-18(11)15(19)7-8-17-23(20,21)14-6-4-3-5-13(14)16/h3-6,11-12,17H,7-10H2,1-2H3. The lowest BCUT2D eigenvalue weighted by molar-refractivity contribution is -0.143. The van der Waals surface area contributed by atoms with Gasteiger partial charge in [-0.1, -0.05) is 23.7 Å². The third kappa shape index (κ3) is 4.67. The predicted octanol–water partition coefficient (Wildman–Crippen LogP) is 1.64. The van der Waals surface area contributed by atoms with Crippen LogP contribution in [0, 0.1) is 0 Å². The maximum Gasteiger partial charge on any atom is 0.242 e. The highest BCUT2D eigenvalue weighted by atomic mass is 35.5. The zero-order valence-corrected chi connectivity index (χ0v) is 14.7. The van der Waals surface area contributed by atoms with Gasteiger partial charge in [-0.2, -0.15) is 0 Å². The smallest absolute Gasteiger partial charge is 0.242 e. The van der Waals surface area contributed by atoms with Crippen LogP contribution in [-0.2, 0) is 19.6 Å². The first-order chi connectivity index (χ1) is 10.8. The van der Waals surface area contributed by atoms with Crippen LogP contribution in [0.5, 0.6) is 0 Å². The van der Waals surface area contributed by atoms with E-state index in [0.29, 0.717) is 13.2 Å². The summed E-state index contributed by atoms with van der Waals surface area (Å²) in [5.74, 6) is -0.0884. The predicted molar refractivity (Wildman–Crippen MR) is 87.8 cm³/mol. The van der Waals surface area contributed by atoms with E-state index in [1.165, 1.54) is 12.1 Å². The molecule has 1 aromatic rings. The molecule has 2 unspecified atom stereocenters. The first-order valence-electron chi connectivity index (χ1n) is 7.46. The highest BCUT2D eigenvalue weighted by molar-refractivity contribution is 7.89. The Kier molecular flexibility index (Phi) is 6.02. The first kappa shape index (κ1) is 18.2. The van der Waals surface area contributed by atoms with Gasteiger partial charge < -0.3 is 9.64 Å². The summed E-state index contributed by atoms with van der Waals surface area (Å²) >= 11 is 5.90. The number of ether oxygens (including phenoxy) is 1. The lowest BCUT2D eigenvalue weighted by Crippen LogP contribution is -2.50. The minimum absolute atomic E-state index is 0.00104. The molecule has 0 saturated carbocycles. The molecule has 0 aromatic heterocycles. The lowest BCUT2D eigenvalue weighted by atomic mass is 10.2. The van der Waals surface area contributed by atoms with Crippen LogP contribution in [0.15, 0.2) is 29.2 Å². The molecule has 1 heterocycles. The number of morpholine rings is 1. The zero-order valence-electron chi connectivity index (χ0n) is 13.2. The molecule has 0 aliphatic carbocycles. The molecule has 1 aromatic carbocycles. The molecule has 0 bridgehead atoms. The van der Waals surface area contributed by atoms with Crippen molar-refractivity contribution in [3.05, 3.63) is 29.3 Å². The number of rotatable bonds is 5. The van der Waals surface area contributed by atoms with Crippen molar-refractivity contribution in [2.75, 3.05) is 19.7 Å². The SMILES string of the molecule is CC1CN(C(=O)CCNS(=O)(=O)c2ccccc2Cl)C(C)CO1. The summed E-state index contributed by atoms with van der Waals surface area (Å²) in [5.41, 5.74) is 0. The molecule has 1 N–H and O–H groups in total. The van der Waals surface area contributed by atoms with Gasteiger partial charge in [0.1, 0.15) is 4.90 Å². The third-order valence-electron chi connectivity index (χ3n) is 3.69. The first-order valence-corrected chi connectivity index (χ1v) is 9.32. The number of benzene rings is 1. The van der Waals surface area contributed by atoms with E-state index in [2.05, 4.69) is 4.72 Å². The number of hydrogen-bond donors (Lipinski definition) is 1. The Morgan fingerprint density at radius 1 is 1.39 bits per heavy atom. The van der Waals surface area contributed by atoms with Gasteiger partial charge in [0.05, 0.1) is 23.8 Å². The maximum atomic E-state index is 12.3. The fourth-order valence-corrected chi connectivity index (χ4v) is 3.98. The summed E-state index contributed by atoms with van der Waals surface area (Å²) in [7, 11) is -3.72. The second kappa shape index (κ2) is 7.61. The van der Waals surface area contributed by atoms with Crippen LogP contribution in [-0.4, -0.2) is 51.1 Å². The van der Waals surface area contributed by atoms with E-state index in [1.54, 1.807) is 17.0 Å². The fourth-order valence-electron chi connectivity index (χ4n) is 2.43. The van der Waals surface area contributed by atoms with Gasteiger partial charge in [-0.25, -0.2) is 13.1 Å². The number of nitrogens with zero attached hydrogens (tertiary/aromatic N) is 1. The van der Waals surface area contributed by atoms with Crippen LogP contribution in [0.25, 0.3) is 0 Å². The molecule has 1 amide bonds. The second-order valence-corrected chi connectivity index (χ2v) is 7.76. The summed E-state index contributed by atoms with van der Waals surface area (Å²) in [6.45, 7) is 4.88. The van der Waals surface area contributed by atoms with Crippen LogP contribution < -0.4 is 4.72 Å². The maximum absolute atomic E-state index is 12.3. The van der Waals surface area contributed by atoms with Crippen molar-refractivity contribution >= 4 is 27.5 Å². The van der Waals surface area contributed by atoms with Gasteiger partial charge in [0.2, 0.25) is 15.9 Å². The van der Waals surface area contributed by atoms with E-state index >= 15 is 0 Å². The number of carbonyl (C=O) groups excluding carboxylic acids is 1. The van der Waals surface area contributed by atoms with E-state index in [1.807, 2.05) is 13.8 Å². The Bertz CT molecular complexity index is 665. The minimum atomic E-state index is -3.72. The van der Waals surface area contributed by atoms with E-state index < -0.39 is 10.0 Å². The highest BCUT2D eigenvalue weighted by Crippen LogP contribution is 2.20. The normalized spacial score (nSPS) is 22.1. The molecule has 8 heteroatoms. The molecule has 6 nitrogen and oxygen atoms in total. The minimum Gasteiger partial charge on any atom is -0.375 e. The average molecular weight is 361 g/mol. The molecule has 23 heavy (non-hydrogen) atoms. The number of amides is 1. The van der Waals surface area contributed by atoms with Crippen LogP contribution >= 0.6 is 11.6 Å². The lowest BCUT2D eigenvalue weighted by Gasteiger charge is -2.36. The summed E-state index contributed by atoms with van der Waals surface area (Å²) < 4.78 is 32.3. The largest absolute Gasteiger partial charge is 0.375 e. The Labute approximate surface area is 141 Å². The van der Waals surface area contributed by atoms with Crippen LogP contribution in [0.4, 0.5) is 0 Å². The zero-order chi connectivity index (χ0) is 17.0. The van der Waals surface area contributed by atoms with Crippen LogP contribution in [0.3, 0.4) is 0 Å². The number of carbonyl (C=O) groups is 1. The van der Waals surface area contributed by atoms with Gasteiger partial charge in [0.15, 0.2) is 0 Å². The van der Waals surface area contributed by atoms with Crippen molar-refractivity contribution in [3.8, 4) is 0 Å². The highest BCUT2D eigenvalue weighted by Gasteiger charge is 2.27. The fraction of sp³-hybridized carbons (Fsp3) is 0.533. The van der Waals surface area contributed by atoms with Crippen molar-refractivity contribution in [1.29, 1.82) is 0 Å². The van der Waals surface area contributed by atoms with Crippen molar-refractivity contribution in [2.45, 2.75) is 37.3 Å². The monoisotopic (exact) mass is 360 g/mol. The van der Waals surface area contributed by atoms with E-state index in [4.69, 9.17) is 16.3 Å². The van der Waals surface area contributed by atoms with Gasteiger partial charge in [-0.05, 0) is 26.0 Å². The Hall–Kier alpha value is -1.15. The second-order valence-electron chi connectivity index (χ2n) is 5.62. The molecule has 0 spiro atoms. The molecule has 0 radical (unpaired) electrons. The molecule has 128 valence electrons. The number of halogens is 1. The van der Waals surface area contributed by atoms with Gasteiger partial charge >= 0.3 is 0 Å². The summed E-state index contributed by atoms with van der Waals surface area (Å²) in [4.78, 5) is 14.0. The molecule has 2 atom stereocenters. The van der Waals surface area contributed by atoms with Crippen molar-refractivity contribution in [3.63, 3.8) is 0 Å². The van der Waals surface area contributed by atoms with Crippen molar-refractivity contribution in [1.82, 2.24) is 9.62 Å². The third-order valence-corrected chi connectivity index (χ3v) is 5.65. The molecule has 1 aliphatic rings. The van der Waals surface area contributed by atoms with Gasteiger partial charge in [-0.15, -0.1) is 0 Å².